The van der Waals surface area contributed by atoms with E-state index >= 15 is 0 Å². The van der Waals surface area contributed by atoms with Crippen LogP contribution in [0.3, 0.4) is 0 Å². The van der Waals surface area contributed by atoms with Crippen molar-refractivity contribution in [3.8, 4) is 0 Å². The summed E-state index contributed by atoms with van der Waals surface area (Å²) >= 11 is 0. The van der Waals surface area contributed by atoms with Gasteiger partial charge in [-0.3, -0.25) is 14.5 Å². The first kappa shape index (κ1) is 24.7. The number of hydrogen-bond donors (Lipinski definition) is 0. The number of fused-ring (bicyclic) bond motifs is 1. The summed E-state index contributed by atoms with van der Waals surface area (Å²) in [5.74, 6) is 0.433. The lowest BCUT2D eigenvalue weighted by Gasteiger charge is -2.36. The van der Waals surface area contributed by atoms with Crippen LogP contribution in [0.25, 0.3) is 0 Å². The van der Waals surface area contributed by atoms with Gasteiger partial charge in [0.1, 0.15) is 5.84 Å². The number of benzene rings is 2. The van der Waals surface area contributed by atoms with Gasteiger partial charge in [0.25, 0.3) is 5.91 Å². The minimum absolute atomic E-state index is 0.0458. The molecule has 36 heavy (non-hydrogen) atoms. The molecular weight excluding hydrogens is 454 g/mol. The van der Waals surface area contributed by atoms with Crippen LogP contribution in [-0.4, -0.2) is 62.1 Å². The van der Waals surface area contributed by atoms with Crippen molar-refractivity contribution in [2.75, 3.05) is 38.3 Å². The molecule has 2 aliphatic heterocycles. The van der Waals surface area contributed by atoms with Gasteiger partial charge in [0.2, 0.25) is 0 Å². The topological polar surface area (TPSA) is 71.4 Å². The van der Waals surface area contributed by atoms with Crippen molar-refractivity contribution in [3.63, 3.8) is 0 Å². The van der Waals surface area contributed by atoms with E-state index in [4.69, 9.17) is 9.47 Å². The number of nitrogens with zero attached hydrogens (tertiary/aromatic N) is 3. The third kappa shape index (κ3) is 5.37. The first-order valence-electron chi connectivity index (χ1n) is 13.0. The Kier molecular flexibility index (Phi) is 7.48. The molecule has 0 aromatic heterocycles. The molecule has 190 valence electrons. The fourth-order valence-corrected chi connectivity index (χ4v) is 5.61. The van der Waals surface area contributed by atoms with Crippen molar-refractivity contribution >= 4 is 23.4 Å². The van der Waals surface area contributed by atoms with E-state index in [0.29, 0.717) is 12.0 Å². The van der Waals surface area contributed by atoms with E-state index in [1.165, 1.54) is 18.2 Å². The first-order chi connectivity index (χ1) is 17.5. The number of aliphatic imine (C=N–C) groups is 1. The predicted molar refractivity (Wildman–Crippen MR) is 139 cm³/mol. The Balaban J connectivity index is 1.42. The van der Waals surface area contributed by atoms with Crippen LogP contribution in [0.4, 0.5) is 5.69 Å². The highest BCUT2D eigenvalue weighted by molar-refractivity contribution is 6.12. The minimum Gasteiger partial charge on any atom is -0.469 e. The summed E-state index contributed by atoms with van der Waals surface area (Å²) in [4.78, 5) is 34.6. The molecule has 0 unspecified atom stereocenters. The molecule has 1 amide bonds. The minimum atomic E-state index is -0.209. The molecular formula is C29H35N3O4. The van der Waals surface area contributed by atoms with Crippen molar-refractivity contribution in [3.05, 3.63) is 64.7 Å². The highest BCUT2D eigenvalue weighted by Crippen LogP contribution is 2.38. The van der Waals surface area contributed by atoms with Gasteiger partial charge in [0.05, 0.1) is 26.2 Å². The summed E-state index contributed by atoms with van der Waals surface area (Å²) in [5, 5.41) is 0. The van der Waals surface area contributed by atoms with E-state index in [-0.39, 0.29) is 23.8 Å². The van der Waals surface area contributed by atoms with Gasteiger partial charge >= 0.3 is 5.97 Å². The van der Waals surface area contributed by atoms with Crippen LogP contribution in [-0.2, 0) is 27.2 Å². The van der Waals surface area contributed by atoms with Crippen LogP contribution in [0.2, 0.25) is 0 Å². The Bertz CT molecular complexity index is 1130. The van der Waals surface area contributed by atoms with Crippen LogP contribution in [0, 0.1) is 12.8 Å². The third-order valence-corrected chi connectivity index (χ3v) is 7.67. The number of amides is 1. The average molecular weight is 490 g/mol. The van der Waals surface area contributed by atoms with Crippen LogP contribution in [0.1, 0.15) is 52.7 Å². The number of esters is 1. The number of methoxy groups -OCH3 is 1. The number of aryl methyl sites for hydroxylation is 1. The Hall–Kier alpha value is -3.03. The number of morpholine rings is 1. The molecule has 2 heterocycles. The molecule has 2 aromatic carbocycles. The number of carbonyl (C=O) groups is 2. The average Bonchev–Trinajstić information content (AvgIpc) is 3.26. The third-order valence-electron chi connectivity index (χ3n) is 7.67. The Labute approximate surface area is 213 Å². The molecule has 7 heteroatoms. The zero-order valence-electron chi connectivity index (χ0n) is 21.2. The van der Waals surface area contributed by atoms with Gasteiger partial charge < -0.3 is 14.4 Å². The maximum Gasteiger partial charge on any atom is 0.308 e. The fourth-order valence-electron chi connectivity index (χ4n) is 5.61. The van der Waals surface area contributed by atoms with E-state index < -0.39 is 0 Å². The van der Waals surface area contributed by atoms with E-state index in [1.807, 2.05) is 31.2 Å². The van der Waals surface area contributed by atoms with Crippen molar-refractivity contribution in [1.29, 1.82) is 0 Å². The quantitative estimate of drug-likeness (QED) is 0.588. The second-order valence-corrected chi connectivity index (χ2v) is 10.1. The van der Waals surface area contributed by atoms with Crippen LogP contribution in [0.15, 0.2) is 47.5 Å². The van der Waals surface area contributed by atoms with E-state index in [2.05, 4.69) is 33.0 Å². The number of amidine groups is 1. The molecule has 0 spiro atoms. The molecule has 1 aliphatic carbocycles. The number of rotatable bonds is 5. The Morgan fingerprint density at radius 3 is 2.44 bits per heavy atom. The fraction of sp³-hybridized carbons (Fsp3) is 0.483. The molecule has 0 N–H and O–H groups in total. The van der Waals surface area contributed by atoms with Gasteiger partial charge in [-0.15, -0.1) is 0 Å². The monoisotopic (exact) mass is 489 g/mol. The lowest BCUT2D eigenvalue weighted by Crippen LogP contribution is -2.42. The summed E-state index contributed by atoms with van der Waals surface area (Å²) in [6, 6.07) is 14.4. The van der Waals surface area contributed by atoms with Gasteiger partial charge in [-0.25, -0.2) is 0 Å². The number of anilines is 1. The summed E-state index contributed by atoms with van der Waals surface area (Å²) in [6.45, 7) is 6.33. The van der Waals surface area contributed by atoms with Gasteiger partial charge in [0.15, 0.2) is 0 Å². The Morgan fingerprint density at radius 1 is 1.03 bits per heavy atom. The molecule has 1 saturated heterocycles. The van der Waals surface area contributed by atoms with Crippen molar-refractivity contribution in [1.82, 2.24) is 4.90 Å². The second kappa shape index (κ2) is 10.9. The summed E-state index contributed by atoms with van der Waals surface area (Å²) in [5.41, 5.74) is 5.33. The van der Waals surface area contributed by atoms with Gasteiger partial charge in [-0.05, 0) is 61.9 Å². The first-order valence-corrected chi connectivity index (χ1v) is 13.0. The van der Waals surface area contributed by atoms with E-state index in [0.717, 1.165) is 75.6 Å². The lowest BCUT2D eigenvalue weighted by molar-refractivity contribution is -0.146. The standard InChI is InChI=1S/C29H35N3O4/c1-20-3-6-22(7-4-20)28(33)30-27-18-24-8-5-21(19-31-13-15-36-16-14-31)17-26(24)32(27)25-11-9-23(10-12-25)29(34)35-2/h3-8,17,23,25H,9-16,18-19H2,1-2H3. The van der Waals surface area contributed by atoms with Crippen LogP contribution < -0.4 is 4.90 Å². The van der Waals surface area contributed by atoms with Crippen molar-refractivity contribution in [2.24, 2.45) is 10.9 Å². The van der Waals surface area contributed by atoms with E-state index in [1.54, 1.807) is 0 Å². The van der Waals surface area contributed by atoms with Gasteiger partial charge in [0, 0.05) is 43.3 Å². The molecule has 5 rings (SSSR count). The molecule has 0 atom stereocenters. The van der Waals surface area contributed by atoms with Crippen LogP contribution in [0.5, 0.6) is 0 Å². The largest absolute Gasteiger partial charge is 0.469 e. The van der Waals surface area contributed by atoms with Gasteiger partial charge in [-0.1, -0.05) is 29.8 Å². The summed E-state index contributed by atoms with van der Waals surface area (Å²) in [6.07, 6.45) is 3.95. The maximum absolute atomic E-state index is 13.1. The van der Waals surface area contributed by atoms with Crippen molar-refractivity contribution < 1.29 is 19.1 Å². The molecule has 3 aliphatic rings. The Morgan fingerprint density at radius 2 is 1.75 bits per heavy atom. The zero-order valence-corrected chi connectivity index (χ0v) is 21.2. The molecule has 1 saturated carbocycles. The number of ether oxygens (including phenoxy) is 2. The molecule has 2 aromatic rings. The lowest BCUT2D eigenvalue weighted by atomic mass is 9.85. The molecule has 2 fully saturated rings. The molecule has 7 nitrogen and oxygen atoms in total. The maximum atomic E-state index is 13.1. The second-order valence-electron chi connectivity index (χ2n) is 10.1. The highest BCUT2D eigenvalue weighted by atomic mass is 16.5. The predicted octanol–water partition coefficient (Wildman–Crippen LogP) is 4.16. The van der Waals surface area contributed by atoms with Gasteiger partial charge in [-0.2, -0.15) is 4.99 Å². The normalized spacial score (nSPS) is 23.5. The smallest absolute Gasteiger partial charge is 0.308 e. The van der Waals surface area contributed by atoms with Crippen molar-refractivity contribution in [2.45, 2.75) is 51.6 Å². The molecule has 0 radical (unpaired) electrons. The van der Waals surface area contributed by atoms with Crippen LogP contribution >= 0.6 is 0 Å². The summed E-state index contributed by atoms with van der Waals surface area (Å²) < 4.78 is 10.5. The SMILES string of the molecule is COC(=O)C1CCC(N2C(=NC(=O)c3ccc(C)cc3)Cc3ccc(CN4CCOCC4)cc32)CC1. The summed E-state index contributed by atoms with van der Waals surface area (Å²) in [7, 11) is 1.46. The number of carbonyl (C=O) groups excluding carboxylic acids is 2. The number of hydrogen-bond acceptors (Lipinski definition) is 5. The zero-order chi connectivity index (χ0) is 25.1. The van der Waals surface area contributed by atoms with E-state index in [9.17, 15) is 9.59 Å². The molecule has 0 bridgehead atoms. The highest BCUT2D eigenvalue weighted by Gasteiger charge is 2.36.